The van der Waals surface area contributed by atoms with Crippen LogP contribution in [0.15, 0.2) is 35.1 Å². The van der Waals surface area contributed by atoms with Gasteiger partial charge in [0.2, 0.25) is 0 Å². The Bertz CT molecular complexity index is 513. The van der Waals surface area contributed by atoms with Gasteiger partial charge in [-0.2, -0.15) is 5.10 Å². The highest BCUT2D eigenvalue weighted by atomic mass is 79.9. The minimum absolute atomic E-state index is 0.0180. The van der Waals surface area contributed by atoms with Crippen LogP contribution in [-0.2, 0) is 0 Å². The number of nitrogens with one attached hydrogen (secondary N) is 2. The molecular formula is C10H7BrFN3O. The fourth-order valence-corrected chi connectivity index (χ4v) is 1.56. The topological polar surface area (TPSA) is 57.8 Å². The Morgan fingerprint density at radius 3 is 3.00 bits per heavy atom. The molecule has 82 valence electrons. The molecule has 4 nitrogen and oxygen atoms in total. The summed E-state index contributed by atoms with van der Waals surface area (Å²) in [5.74, 6) is -1.09. The predicted octanol–water partition coefficient (Wildman–Crippen LogP) is 2.56. The number of hydrogen-bond donors (Lipinski definition) is 2. The Morgan fingerprint density at radius 1 is 1.50 bits per heavy atom. The molecule has 0 aliphatic carbocycles. The third kappa shape index (κ3) is 2.11. The quantitative estimate of drug-likeness (QED) is 0.890. The van der Waals surface area contributed by atoms with E-state index in [0.717, 1.165) is 0 Å². The fourth-order valence-electron chi connectivity index (χ4n) is 1.20. The second-order valence-corrected chi connectivity index (χ2v) is 3.90. The number of aromatic nitrogens is 2. The third-order valence-corrected chi connectivity index (χ3v) is 2.56. The lowest BCUT2D eigenvalue weighted by molar-refractivity contribution is 0.102. The van der Waals surface area contributed by atoms with Crippen LogP contribution in [0.25, 0.3) is 0 Å². The molecular weight excluding hydrogens is 277 g/mol. The normalized spacial score (nSPS) is 10.1. The SMILES string of the molecule is O=C(Nc1cn[nH]c1)c1cccc(Br)c1F. The zero-order valence-corrected chi connectivity index (χ0v) is 9.58. The smallest absolute Gasteiger partial charge is 0.258 e. The van der Waals surface area contributed by atoms with Crippen LogP contribution >= 0.6 is 15.9 Å². The number of rotatable bonds is 2. The van der Waals surface area contributed by atoms with Gasteiger partial charge in [-0.3, -0.25) is 9.89 Å². The highest BCUT2D eigenvalue weighted by Crippen LogP contribution is 2.19. The number of H-pyrrole nitrogens is 1. The van der Waals surface area contributed by atoms with Crippen LogP contribution in [0.3, 0.4) is 0 Å². The van der Waals surface area contributed by atoms with Crippen molar-refractivity contribution in [2.75, 3.05) is 5.32 Å². The number of amides is 1. The second-order valence-electron chi connectivity index (χ2n) is 3.04. The maximum Gasteiger partial charge on any atom is 0.258 e. The fraction of sp³-hybridized carbons (Fsp3) is 0. The molecule has 1 aromatic carbocycles. The van der Waals surface area contributed by atoms with E-state index in [4.69, 9.17) is 0 Å². The summed E-state index contributed by atoms with van der Waals surface area (Å²) < 4.78 is 13.8. The van der Waals surface area contributed by atoms with Crippen LogP contribution in [0.1, 0.15) is 10.4 Å². The van der Waals surface area contributed by atoms with Gasteiger partial charge >= 0.3 is 0 Å². The van der Waals surface area contributed by atoms with Gasteiger partial charge in [0.05, 0.1) is 21.9 Å². The molecule has 1 amide bonds. The summed E-state index contributed by atoms with van der Waals surface area (Å²) in [4.78, 5) is 11.7. The van der Waals surface area contributed by atoms with Gasteiger partial charge in [-0.15, -0.1) is 0 Å². The van der Waals surface area contributed by atoms with E-state index in [9.17, 15) is 9.18 Å². The molecule has 0 spiro atoms. The second kappa shape index (κ2) is 4.44. The molecule has 16 heavy (non-hydrogen) atoms. The lowest BCUT2D eigenvalue weighted by Gasteiger charge is -2.04. The van der Waals surface area contributed by atoms with E-state index in [2.05, 4.69) is 31.4 Å². The Morgan fingerprint density at radius 2 is 2.31 bits per heavy atom. The van der Waals surface area contributed by atoms with Crippen molar-refractivity contribution in [3.8, 4) is 0 Å². The summed E-state index contributed by atoms with van der Waals surface area (Å²) in [5, 5.41) is 8.72. The summed E-state index contributed by atoms with van der Waals surface area (Å²) >= 11 is 3.02. The Balaban J connectivity index is 2.24. The number of halogens is 2. The van der Waals surface area contributed by atoms with E-state index < -0.39 is 11.7 Å². The minimum atomic E-state index is -0.580. The summed E-state index contributed by atoms with van der Waals surface area (Å²) in [5.41, 5.74) is 0.472. The van der Waals surface area contributed by atoms with E-state index in [1.807, 2.05) is 0 Å². The van der Waals surface area contributed by atoms with Crippen molar-refractivity contribution in [3.63, 3.8) is 0 Å². The Labute approximate surface area is 99.0 Å². The van der Waals surface area contributed by atoms with Crippen molar-refractivity contribution >= 4 is 27.5 Å². The maximum atomic E-state index is 13.5. The zero-order valence-electron chi connectivity index (χ0n) is 8.00. The number of benzene rings is 1. The number of carbonyl (C=O) groups is 1. The first-order chi connectivity index (χ1) is 7.68. The van der Waals surface area contributed by atoms with E-state index in [1.54, 1.807) is 6.07 Å². The molecule has 0 aliphatic rings. The Kier molecular flexibility index (Phi) is 3.00. The molecule has 2 aromatic rings. The minimum Gasteiger partial charge on any atom is -0.319 e. The number of anilines is 1. The number of nitrogens with zero attached hydrogens (tertiary/aromatic N) is 1. The van der Waals surface area contributed by atoms with E-state index in [-0.39, 0.29) is 10.0 Å². The summed E-state index contributed by atoms with van der Waals surface area (Å²) in [7, 11) is 0. The highest BCUT2D eigenvalue weighted by Gasteiger charge is 2.13. The standard InChI is InChI=1S/C10H7BrFN3O/c11-8-3-1-2-7(9(8)12)10(16)15-6-4-13-14-5-6/h1-5H,(H,13,14)(H,15,16). The van der Waals surface area contributed by atoms with Gasteiger partial charge in [0, 0.05) is 6.20 Å². The van der Waals surface area contributed by atoms with Crippen LogP contribution in [-0.4, -0.2) is 16.1 Å². The van der Waals surface area contributed by atoms with Crippen molar-refractivity contribution in [3.05, 3.63) is 46.4 Å². The molecule has 0 aliphatic heterocycles. The Hall–Kier alpha value is -1.69. The molecule has 2 N–H and O–H groups in total. The van der Waals surface area contributed by atoms with Crippen LogP contribution in [0, 0.1) is 5.82 Å². The van der Waals surface area contributed by atoms with Gasteiger partial charge in [0.1, 0.15) is 5.82 Å². The summed E-state index contributed by atoms with van der Waals surface area (Å²) in [6.45, 7) is 0. The molecule has 0 radical (unpaired) electrons. The van der Waals surface area contributed by atoms with Crippen molar-refractivity contribution in [1.82, 2.24) is 10.2 Å². The lowest BCUT2D eigenvalue weighted by atomic mass is 10.2. The molecule has 1 heterocycles. The first-order valence-corrected chi connectivity index (χ1v) is 5.22. The van der Waals surface area contributed by atoms with Crippen LogP contribution in [0.2, 0.25) is 0 Å². The van der Waals surface area contributed by atoms with E-state index >= 15 is 0 Å². The highest BCUT2D eigenvalue weighted by molar-refractivity contribution is 9.10. The molecule has 6 heteroatoms. The van der Waals surface area contributed by atoms with Gasteiger partial charge in [-0.1, -0.05) is 6.07 Å². The maximum absolute atomic E-state index is 13.5. The third-order valence-electron chi connectivity index (χ3n) is 1.95. The first kappa shape index (κ1) is 10.8. The van der Waals surface area contributed by atoms with Gasteiger partial charge < -0.3 is 5.32 Å². The molecule has 0 unspecified atom stereocenters. The van der Waals surface area contributed by atoms with Crippen LogP contribution < -0.4 is 5.32 Å². The van der Waals surface area contributed by atoms with Crippen LogP contribution in [0.4, 0.5) is 10.1 Å². The molecule has 2 rings (SSSR count). The van der Waals surface area contributed by atoms with Crippen molar-refractivity contribution in [1.29, 1.82) is 0 Å². The monoisotopic (exact) mass is 283 g/mol. The van der Waals surface area contributed by atoms with Crippen LogP contribution in [0.5, 0.6) is 0 Å². The largest absolute Gasteiger partial charge is 0.319 e. The van der Waals surface area contributed by atoms with Crippen molar-refractivity contribution in [2.45, 2.75) is 0 Å². The lowest BCUT2D eigenvalue weighted by Crippen LogP contribution is -2.13. The average Bonchev–Trinajstić information content (AvgIpc) is 2.74. The molecule has 0 fully saturated rings. The van der Waals surface area contributed by atoms with E-state index in [1.165, 1.54) is 24.5 Å². The van der Waals surface area contributed by atoms with Gasteiger partial charge in [-0.25, -0.2) is 4.39 Å². The van der Waals surface area contributed by atoms with Gasteiger partial charge in [0.25, 0.3) is 5.91 Å². The zero-order chi connectivity index (χ0) is 11.5. The molecule has 0 bridgehead atoms. The molecule has 0 saturated heterocycles. The van der Waals surface area contributed by atoms with Crippen molar-refractivity contribution in [2.24, 2.45) is 0 Å². The summed E-state index contributed by atoms with van der Waals surface area (Å²) in [6.07, 6.45) is 2.95. The molecule has 0 atom stereocenters. The predicted molar refractivity (Wildman–Crippen MR) is 60.6 cm³/mol. The summed E-state index contributed by atoms with van der Waals surface area (Å²) in [6, 6.07) is 4.54. The van der Waals surface area contributed by atoms with Gasteiger partial charge in [-0.05, 0) is 28.1 Å². The molecule has 0 saturated carbocycles. The number of hydrogen-bond acceptors (Lipinski definition) is 2. The molecule has 1 aromatic heterocycles. The number of aromatic amines is 1. The number of carbonyl (C=O) groups excluding carboxylic acids is 1. The average molecular weight is 284 g/mol. The van der Waals surface area contributed by atoms with Gasteiger partial charge in [0.15, 0.2) is 0 Å². The van der Waals surface area contributed by atoms with Crippen molar-refractivity contribution < 1.29 is 9.18 Å². The van der Waals surface area contributed by atoms with E-state index in [0.29, 0.717) is 5.69 Å². The first-order valence-electron chi connectivity index (χ1n) is 4.42.